The topological polar surface area (TPSA) is 45.4 Å². The molecule has 2 fully saturated rings. The molecule has 1 saturated carbocycles. The highest BCUT2D eigenvalue weighted by atomic mass is 15.3. The summed E-state index contributed by atoms with van der Waals surface area (Å²) < 4.78 is 0. The molecule has 2 heterocycles. The maximum atomic E-state index is 5.91. The molecule has 2 aliphatic rings. The molecule has 2 N–H and O–H groups in total. The zero-order valence-electron chi connectivity index (χ0n) is 12.3. The Hall–Kier alpha value is -1.65. The molecule has 0 unspecified atom stereocenters. The second-order valence-corrected chi connectivity index (χ2v) is 6.26. The Morgan fingerprint density at radius 1 is 1.00 bits per heavy atom. The number of fused-ring (bicyclic) bond motifs is 1. The van der Waals surface area contributed by atoms with Crippen LogP contribution in [-0.4, -0.2) is 48.1 Å². The van der Waals surface area contributed by atoms with Crippen LogP contribution in [0.5, 0.6) is 0 Å². The van der Waals surface area contributed by atoms with Crippen LogP contribution in [0, 0.1) is 0 Å². The first kappa shape index (κ1) is 13.0. The van der Waals surface area contributed by atoms with Gasteiger partial charge in [0, 0.05) is 49.8 Å². The number of hydrogen-bond acceptors (Lipinski definition) is 4. The van der Waals surface area contributed by atoms with Gasteiger partial charge in [-0.2, -0.15) is 0 Å². The molecule has 2 aromatic rings. The molecule has 21 heavy (non-hydrogen) atoms. The molecular weight excluding hydrogens is 260 g/mol. The quantitative estimate of drug-likeness (QED) is 0.913. The van der Waals surface area contributed by atoms with Crippen molar-refractivity contribution in [3.05, 3.63) is 36.5 Å². The highest BCUT2D eigenvalue weighted by molar-refractivity contribution is 5.92. The predicted octanol–water partition coefficient (Wildman–Crippen LogP) is 1.85. The van der Waals surface area contributed by atoms with E-state index in [0.717, 1.165) is 38.0 Å². The smallest absolute Gasteiger partial charge is 0.136 e. The lowest BCUT2D eigenvalue weighted by atomic mass is 9.86. The summed E-state index contributed by atoms with van der Waals surface area (Å²) in [5, 5.41) is 2.54. The molecule has 1 saturated heterocycles. The number of piperazine rings is 1. The number of hydrogen-bond donors (Lipinski definition) is 1. The summed E-state index contributed by atoms with van der Waals surface area (Å²) in [4.78, 5) is 9.66. The molecule has 1 aromatic heterocycles. The average molecular weight is 282 g/mol. The van der Waals surface area contributed by atoms with Crippen LogP contribution in [0.15, 0.2) is 36.5 Å². The molecule has 0 spiro atoms. The number of benzene rings is 1. The summed E-state index contributed by atoms with van der Waals surface area (Å²) in [6.07, 6.45) is 4.27. The second-order valence-electron chi connectivity index (χ2n) is 6.26. The number of nitrogens with zero attached hydrogens (tertiary/aromatic N) is 3. The third-order valence-corrected chi connectivity index (χ3v) is 4.93. The number of aromatic nitrogens is 1. The monoisotopic (exact) mass is 282 g/mol. The Kier molecular flexibility index (Phi) is 3.28. The van der Waals surface area contributed by atoms with Crippen molar-refractivity contribution in [1.82, 2.24) is 9.88 Å². The van der Waals surface area contributed by atoms with Crippen molar-refractivity contribution in [2.75, 3.05) is 31.1 Å². The Balaban J connectivity index is 1.50. The summed E-state index contributed by atoms with van der Waals surface area (Å²) in [6, 6.07) is 11.8. The van der Waals surface area contributed by atoms with E-state index >= 15 is 0 Å². The fourth-order valence-electron chi connectivity index (χ4n) is 3.58. The fourth-order valence-corrected chi connectivity index (χ4v) is 3.58. The molecule has 0 atom stereocenters. The zero-order chi connectivity index (χ0) is 14.2. The maximum absolute atomic E-state index is 5.91. The van der Waals surface area contributed by atoms with E-state index in [1.165, 1.54) is 23.6 Å². The largest absolute Gasteiger partial charge is 0.354 e. The van der Waals surface area contributed by atoms with Crippen LogP contribution in [0.25, 0.3) is 10.8 Å². The number of rotatable bonds is 2. The van der Waals surface area contributed by atoms with Crippen LogP contribution in [0.3, 0.4) is 0 Å². The number of nitrogens with two attached hydrogens (primary N) is 1. The zero-order valence-corrected chi connectivity index (χ0v) is 12.3. The van der Waals surface area contributed by atoms with E-state index in [0.29, 0.717) is 6.04 Å². The van der Waals surface area contributed by atoms with Crippen molar-refractivity contribution >= 4 is 16.6 Å². The first-order chi connectivity index (χ1) is 10.3. The minimum Gasteiger partial charge on any atom is -0.354 e. The van der Waals surface area contributed by atoms with Crippen molar-refractivity contribution in [1.29, 1.82) is 0 Å². The standard InChI is InChI=1S/C17H22N4/c18-14-11-15(12-14)20-7-9-21(10-8-20)17-16-4-2-1-3-13(16)5-6-19-17/h1-6,14-15H,7-12,18H2/t14-,15-. The molecule has 1 aromatic carbocycles. The molecule has 0 radical (unpaired) electrons. The van der Waals surface area contributed by atoms with Crippen molar-refractivity contribution in [3.8, 4) is 0 Å². The van der Waals surface area contributed by atoms with Gasteiger partial charge in [0.25, 0.3) is 0 Å². The lowest BCUT2D eigenvalue weighted by molar-refractivity contribution is 0.104. The summed E-state index contributed by atoms with van der Waals surface area (Å²) in [5.41, 5.74) is 5.91. The molecule has 4 nitrogen and oxygen atoms in total. The molecule has 110 valence electrons. The van der Waals surface area contributed by atoms with Crippen LogP contribution in [0.4, 0.5) is 5.82 Å². The van der Waals surface area contributed by atoms with Crippen molar-refractivity contribution in [3.63, 3.8) is 0 Å². The van der Waals surface area contributed by atoms with Gasteiger partial charge in [-0.3, -0.25) is 4.90 Å². The summed E-state index contributed by atoms with van der Waals surface area (Å²) >= 11 is 0. The van der Waals surface area contributed by atoms with E-state index in [9.17, 15) is 0 Å². The van der Waals surface area contributed by atoms with Gasteiger partial charge in [-0.05, 0) is 24.3 Å². The molecule has 1 aliphatic heterocycles. The van der Waals surface area contributed by atoms with Crippen molar-refractivity contribution in [2.45, 2.75) is 24.9 Å². The lowest BCUT2D eigenvalue weighted by Crippen LogP contribution is -2.57. The van der Waals surface area contributed by atoms with Gasteiger partial charge in [0.2, 0.25) is 0 Å². The van der Waals surface area contributed by atoms with Gasteiger partial charge < -0.3 is 10.6 Å². The lowest BCUT2D eigenvalue weighted by Gasteiger charge is -2.45. The summed E-state index contributed by atoms with van der Waals surface area (Å²) in [7, 11) is 0. The van der Waals surface area contributed by atoms with E-state index in [1.807, 2.05) is 6.20 Å². The van der Waals surface area contributed by atoms with Crippen LogP contribution in [0.1, 0.15) is 12.8 Å². The Bertz CT molecular complexity index is 622. The van der Waals surface area contributed by atoms with Crippen LogP contribution >= 0.6 is 0 Å². The molecule has 4 rings (SSSR count). The minimum absolute atomic E-state index is 0.438. The molecule has 0 bridgehead atoms. The van der Waals surface area contributed by atoms with Gasteiger partial charge in [-0.1, -0.05) is 24.3 Å². The van der Waals surface area contributed by atoms with Crippen molar-refractivity contribution < 1.29 is 0 Å². The molecular formula is C17H22N4. The second kappa shape index (κ2) is 5.28. The average Bonchev–Trinajstić information content (AvgIpc) is 2.52. The molecule has 0 amide bonds. The van der Waals surface area contributed by atoms with E-state index in [2.05, 4.69) is 45.1 Å². The van der Waals surface area contributed by atoms with E-state index in [4.69, 9.17) is 5.73 Å². The maximum Gasteiger partial charge on any atom is 0.136 e. The van der Waals surface area contributed by atoms with E-state index < -0.39 is 0 Å². The van der Waals surface area contributed by atoms with E-state index in [1.54, 1.807) is 0 Å². The SMILES string of the molecule is N[C@H]1C[C@H](N2CCN(c3nccc4ccccc34)CC2)C1. The van der Waals surface area contributed by atoms with Gasteiger partial charge in [0.1, 0.15) is 5.82 Å². The minimum atomic E-state index is 0.438. The van der Waals surface area contributed by atoms with Crippen LogP contribution < -0.4 is 10.6 Å². The Morgan fingerprint density at radius 3 is 2.52 bits per heavy atom. The fraction of sp³-hybridized carbons (Fsp3) is 0.471. The summed E-state index contributed by atoms with van der Waals surface area (Å²) in [6.45, 7) is 4.38. The van der Waals surface area contributed by atoms with Gasteiger partial charge >= 0.3 is 0 Å². The highest BCUT2D eigenvalue weighted by Gasteiger charge is 2.33. The highest BCUT2D eigenvalue weighted by Crippen LogP contribution is 2.28. The van der Waals surface area contributed by atoms with Crippen LogP contribution in [-0.2, 0) is 0 Å². The van der Waals surface area contributed by atoms with Gasteiger partial charge in [-0.15, -0.1) is 0 Å². The van der Waals surface area contributed by atoms with Gasteiger partial charge in [0.15, 0.2) is 0 Å². The molecule has 1 aliphatic carbocycles. The van der Waals surface area contributed by atoms with Crippen molar-refractivity contribution in [2.24, 2.45) is 5.73 Å². The number of pyridine rings is 1. The first-order valence-corrected chi connectivity index (χ1v) is 7.89. The Labute approximate surface area is 125 Å². The Morgan fingerprint density at radius 2 is 1.76 bits per heavy atom. The summed E-state index contributed by atoms with van der Waals surface area (Å²) in [5.74, 6) is 1.14. The predicted molar refractivity (Wildman–Crippen MR) is 86.5 cm³/mol. The van der Waals surface area contributed by atoms with Gasteiger partial charge in [-0.25, -0.2) is 4.98 Å². The van der Waals surface area contributed by atoms with E-state index in [-0.39, 0.29) is 0 Å². The molecule has 4 heteroatoms. The normalized spacial score (nSPS) is 26.8. The number of anilines is 1. The third kappa shape index (κ3) is 2.39. The van der Waals surface area contributed by atoms with Crippen LogP contribution in [0.2, 0.25) is 0 Å². The first-order valence-electron chi connectivity index (χ1n) is 7.89. The van der Waals surface area contributed by atoms with Gasteiger partial charge in [0.05, 0.1) is 0 Å². The third-order valence-electron chi connectivity index (χ3n) is 4.93.